The van der Waals surface area contributed by atoms with Crippen LogP contribution in [0.15, 0.2) is 47.1 Å². The van der Waals surface area contributed by atoms with Crippen molar-refractivity contribution in [2.75, 3.05) is 6.54 Å². The first-order valence-electron chi connectivity index (χ1n) is 8.04. The maximum Gasteiger partial charge on any atom is 0.306 e. The molecule has 0 saturated carbocycles. The molecule has 0 aliphatic rings. The normalized spacial score (nSPS) is 10.6. The van der Waals surface area contributed by atoms with E-state index < -0.39 is 16.6 Å². The van der Waals surface area contributed by atoms with Gasteiger partial charge >= 0.3 is 5.69 Å². The quantitative estimate of drug-likeness (QED) is 0.452. The van der Waals surface area contributed by atoms with E-state index in [4.69, 9.17) is 20.8 Å². The third kappa shape index (κ3) is 4.86. The Morgan fingerprint density at radius 3 is 2.93 bits per heavy atom. The second kappa shape index (κ2) is 8.53. The SMILES string of the molecule is O=C(NCCn1cc([N+](=O)[O-])cn1)c1ccc(COc2ccc(F)cc2Cl)o1. The molecule has 0 saturated heterocycles. The van der Waals surface area contributed by atoms with E-state index in [-0.39, 0.29) is 36.2 Å². The van der Waals surface area contributed by atoms with Crippen molar-refractivity contribution >= 4 is 23.2 Å². The summed E-state index contributed by atoms with van der Waals surface area (Å²) >= 11 is 5.87. The number of hydrogen-bond acceptors (Lipinski definition) is 6. The van der Waals surface area contributed by atoms with Crippen molar-refractivity contribution in [2.45, 2.75) is 13.2 Å². The average Bonchev–Trinajstić information content (AvgIpc) is 3.30. The number of nitrogens with one attached hydrogen (secondary N) is 1. The maximum atomic E-state index is 13.0. The third-order valence-electron chi connectivity index (χ3n) is 3.61. The molecule has 0 aliphatic heterocycles. The van der Waals surface area contributed by atoms with Gasteiger partial charge in [-0.25, -0.2) is 4.39 Å². The van der Waals surface area contributed by atoms with Gasteiger partial charge < -0.3 is 14.5 Å². The molecule has 0 fully saturated rings. The van der Waals surface area contributed by atoms with Gasteiger partial charge in [0.05, 0.1) is 16.5 Å². The van der Waals surface area contributed by atoms with Crippen LogP contribution in [0.2, 0.25) is 5.02 Å². The molecule has 2 heterocycles. The predicted octanol–water partition coefficient (Wildman–Crippen LogP) is 3.19. The summed E-state index contributed by atoms with van der Waals surface area (Å²) in [4.78, 5) is 22.1. The van der Waals surface area contributed by atoms with Crippen molar-refractivity contribution in [3.05, 3.63) is 75.2 Å². The van der Waals surface area contributed by atoms with Gasteiger partial charge in [0.1, 0.15) is 36.3 Å². The molecule has 0 bridgehead atoms. The Hall–Kier alpha value is -3.40. The summed E-state index contributed by atoms with van der Waals surface area (Å²) < 4.78 is 25.2. The molecule has 1 aromatic carbocycles. The summed E-state index contributed by atoms with van der Waals surface area (Å²) in [6, 6.07) is 6.80. The molecule has 11 heteroatoms. The standard InChI is InChI=1S/C17H14ClFN4O5/c18-14-7-11(19)1-3-15(14)27-10-13-2-4-16(28-13)17(24)20-5-6-22-9-12(8-21-22)23(25)26/h1-4,7-9H,5-6,10H2,(H,20,24). The van der Waals surface area contributed by atoms with Gasteiger partial charge in [0.15, 0.2) is 5.76 Å². The predicted molar refractivity (Wildman–Crippen MR) is 95.7 cm³/mol. The molecule has 0 spiro atoms. The number of nitrogens with zero attached hydrogens (tertiary/aromatic N) is 3. The minimum Gasteiger partial charge on any atom is -0.484 e. The summed E-state index contributed by atoms with van der Waals surface area (Å²) in [6.45, 7) is 0.476. The van der Waals surface area contributed by atoms with Crippen molar-refractivity contribution in [1.82, 2.24) is 15.1 Å². The van der Waals surface area contributed by atoms with Gasteiger partial charge in [-0.1, -0.05) is 11.6 Å². The van der Waals surface area contributed by atoms with E-state index in [1.54, 1.807) is 6.07 Å². The Morgan fingerprint density at radius 1 is 1.39 bits per heavy atom. The fourth-order valence-corrected chi connectivity index (χ4v) is 2.48. The van der Waals surface area contributed by atoms with Crippen molar-refractivity contribution < 1.29 is 23.3 Å². The van der Waals surface area contributed by atoms with Crippen molar-refractivity contribution in [3.63, 3.8) is 0 Å². The van der Waals surface area contributed by atoms with Crippen molar-refractivity contribution in [1.29, 1.82) is 0 Å². The zero-order valence-electron chi connectivity index (χ0n) is 14.3. The highest BCUT2D eigenvalue weighted by molar-refractivity contribution is 6.32. The van der Waals surface area contributed by atoms with E-state index in [0.717, 1.165) is 12.3 Å². The smallest absolute Gasteiger partial charge is 0.306 e. The second-order valence-corrected chi connectivity index (χ2v) is 6.01. The molecule has 2 aromatic heterocycles. The van der Waals surface area contributed by atoms with Gasteiger partial charge in [0, 0.05) is 6.54 Å². The summed E-state index contributed by atoms with van der Waals surface area (Å²) in [5.41, 5.74) is -0.122. The molecule has 146 valence electrons. The lowest BCUT2D eigenvalue weighted by atomic mass is 10.3. The van der Waals surface area contributed by atoms with Crippen LogP contribution in [0, 0.1) is 15.9 Å². The third-order valence-corrected chi connectivity index (χ3v) is 3.90. The van der Waals surface area contributed by atoms with Gasteiger partial charge in [-0.05, 0) is 30.3 Å². The molecule has 9 nitrogen and oxygen atoms in total. The summed E-state index contributed by atoms with van der Waals surface area (Å²) in [5.74, 6) is -0.172. The Kier molecular flexibility index (Phi) is 5.90. The van der Waals surface area contributed by atoms with Crippen LogP contribution in [0.5, 0.6) is 5.75 Å². The first-order valence-corrected chi connectivity index (χ1v) is 8.42. The van der Waals surface area contributed by atoms with Gasteiger partial charge in [-0.15, -0.1) is 0 Å². The number of benzene rings is 1. The number of rotatable bonds is 8. The molecule has 1 N–H and O–H groups in total. The molecule has 3 aromatic rings. The van der Waals surface area contributed by atoms with Crippen LogP contribution in [-0.2, 0) is 13.2 Å². The van der Waals surface area contributed by atoms with Crippen LogP contribution in [0.3, 0.4) is 0 Å². The van der Waals surface area contributed by atoms with Crippen LogP contribution in [0.25, 0.3) is 0 Å². The Bertz CT molecular complexity index is 1000. The summed E-state index contributed by atoms with van der Waals surface area (Å²) in [7, 11) is 0. The van der Waals surface area contributed by atoms with Crippen molar-refractivity contribution in [3.8, 4) is 5.75 Å². The lowest BCUT2D eigenvalue weighted by Crippen LogP contribution is -2.27. The molecule has 0 radical (unpaired) electrons. The Labute approximate surface area is 162 Å². The van der Waals surface area contributed by atoms with Gasteiger partial charge in [0.25, 0.3) is 5.91 Å². The number of carbonyl (C=O) groups is 1. The topological polar surface area (TPSA) is 112 Å². The average molecular weight is 409 g/mol. The highest BCUT2D eigenvalue weighted by Gasteiger charge is 2.13. The zero-order valence-corrected chi connectivity index (χ0v) is 15.1. The number of ether oxygens (including phenoxy) is 1. The maximum absolute atomic E-state index is 13.0. The van der Waals surface area contributed by atoms with Gasteiger partial charge in [-0.2, -0.15) is 5.10 Å². The number of nitro groups is 1. The first-order chi connectivity index (χ1) is 13.4. The van der Waals surface area contributed by atoms with Crippen molar-refractivity contribution in [2.24, 2.45) is 0 Å². The zero-order chi connectivity index (χ0) is 20.1. The second-order valence-electron chi connectivity index (χ2n) is 5.60. The fourth-order valence-electron chi connectivity index (χ4n) is 2.26. The van der Waals surface area contributed by atoms with E-state index in [0.29, 0.717) is 11.5 Å². The monoisotopic (exact) mass is 408 g/mol. The molecule has 0 aliphatic carbocycles. The van der Waals surface area contributed by atoms with Crippen LogP contribution in [0.4, 0.5) is 10.1 Å². The van der Waals surface area contributed by atoms with Gasteiger partial charge in [-0.3, -0.25) is 19.6 Å². The molecule has 0 atom stereocenters. The molecule has 1 amide bonds. The highest BCUT2D eigenvalue weighted by Crippen LogP contribution is 2.26. The number of halogens is 2. The Balaban J connectivity index is 1.48. The van der Waals surface area contributed by atoms with E-state index in [2.05, 4.69) is 10.4 Å². The summed E-state index contributed by atoms with van der Waals surface area (Å²) in [5, 5.41) is 17.2. The molecular formula is C17H14ClFN4O5. The number of amides is 1. The Morgan fingerprint density at radius 2 is 2.21 bits per heavy atom. The molecular weight excluding hydrogens is 395 g/mol. The number of hydrogen-bond donors (Lipinski definition) is 1. The van der Waals surface area contributed by atoms with E-state index in [1.165, 1.54) is 29.1 Å². The van der Waals surface area contributed by atoms with E-state index in [9.17, 15) is 19.3 Å². The number of aromatic nitrogens is 2. The van der Waals surface area contributed by atoms with Crippen LogP contribution in [-0.4, -0.2) is 27.2 Å². The lowest BCUT2D eigenvalue weighted by molar-refractivity contribution is -0.385. The molecule has 0 unspecified atom stereocenters. The van der Waals surface area contributed by atoms with Gasteiger partial charge in [0.2, 0.25) is 0 Å². The minimum absolute atomic E-state index is 0.00951. The van der Waals surface area contributed by atoms with E-state index in [1.807, 2.05) is 0 Å². The summed E-state index contributed by atoms with van der Waals surface area (Å²) in [6.07, 6.45) is 2.41. The number of carbonyl (C=O) groups excluding carboxylic acids is 1. The fraction of sp³-hybridized carbons (Fsp3) is 0.176. The largest absolute Gasteiger partial charge is 0.484 e. The number of furan rings is 1. The minimum atomic E-state index is -0.548. The van der Waals surface area contributed by atoms with Crippen LogP contribution in [0.1, 0.15) is 16.3 Å². The van der Waals surface area contributed by atoms with Crippen LogP contribution >= 0.6 is 11.6 Å². The van der Waals surface area contributed by atoms with E-state index >= 15 is 0 Å². The first kappa shape index (κ1) is 19.4. The lowest BCUT2D eigenvalue weighted by Gasteiger charge is -2.06. The molecule has 3 rings (SSSR count). The molecule has 28 heavy (non-hydrogen) atoms. The highest BCUT2D eigenvalue weighted by atomic mass is 35.5. The van der Waals surface area contributed by atoms with Crippen LogP contribution < -0.4 is 10.1 Å².